The Morgan fingerprint density at radius 2 is 1.97 bits per heavy atom. The highest BCUT2D eigenvalue weighted by molar-refractivity contribution is 6.10. The van der Waals surface area contributed by atoms with Crippen LogP contribution in [0.3, 0.4) is 0 Å². The number of carbonyl (C=O) groups excluding carboxylic acids is 3. The number of nitrogens with zero attached hydrogens (tertiary/aromatic N) is 4. The van der Waals surface area contributed by atoms with E-state index in [1.165, 1.54) is 28.8 Å². The SMILES string of the molecule is CCOc1ncc(C(C)=O)cc1C(=O)Nc1c(C(N)=O)nn(C2CN(C(=O)O)C2)c1CC. The molecule has 32 heavy (non-hydrogen) atoms. The average molecular weight is 444 g/mol. The van der Waals surface area contributed by atoms with Gasteiger partial charge in [-0.15, -0.1) is 0 Å². The first-order valence-electron chi connectivity index (χ1n) is 10.0. The van der Waals surface area contributed by atoms with Crippen molar-refractivity contribution < 1.29 is 29.0 Å². The van der Waals surface area contributed by atoms with Gasteiger partial charge in [0.15, 0.2) is 11.5 Å². The molecular formula is C20H24N6O6. The molecule has 1 saturated heterocycles. The highest BCUT2D eigenvalue weighted by atomic mass is 16.5. The van der Waals surface area contributed by atoms with E-state index in [9.17, 15) is 19.2 Å². The van der Waals surface area contributed by atoms with Crippen LogP contribution in [0, 0.1) is 0 Å². The summed E-state index contributed by atoms with van der Waals surface area (Å²) in [5, 5.41) is 16.0. The zero-order valence-electron chi connectivity index (χ0n) is 17.9. The number of pyridine rings is 1. The summed E-state index contributed by atoms with van der Waals surface area (Å²) in [7, 11) is 0. The van der Waals surface area contributed by atoms with Crippen molar-refractivity contribution >= 4 is 29.4 Å². The van der Waals surface area contributed by atoms with Crippen LogP contribution >= 0.6 is 0 Å². The highest BCUT2D eigenvalue weighted by Gasteiger charge is 2.36. The lowest BCUT2D eigenvalue weighted by Crippen LogP contribution is -2.50. The van der Waals surface area contributed by atoms with E-state index in [0.29, 0.717) is 12.1 Å². The monoisotopic (exact) mass is 444 g/mol. The predicted octanol–water partition coefficient (Wildman–Crippen LogP) is 1.33. The Labute approximate surface area is 183 Å². The van der Waals surface area contributed by atoms with Crippen LogP contribution in [-0.2, 0) is 6.42 Å². The van der Waals surface area contributed by atoms with Crippen molar-refractivity contribution in [1.29, 1.82) is 0 Å². The minimum atomic E-state index is -1.04. The number of carboxylic acid groups (broad SMARTS) is 1. The summed E-state index contributed by atoms with van der Waals surface area (Å²) in [6.07, 6.45) is 0.666. The van der Waals surface area contributed by atoms with Crippen molar-refractivity contribution in [3.63, 3.8) is 0 Å². The zero-order valence-corrected chi connectivity index (χ0v) is 17.9. The molecule has 2 aromatic rings. The number of nitrogens with one attached hydrogen (secondary N) is 1. The molecule has 2 aromatic heterocycles. The Balaban J connectivity index is 1.99. The third-order valence-electron chi connectivity index (χ3n) is 5.08. The minimum Gasteiger partial charge on any atom is -0.477 e. The number of hydrogen-bond donors (Lipinski definition) is 3. The second kappa shape index (κ2) is 9.04. The summed E-state index contributed by atoms with van der Waals surface area (Å²) < 4.78 is 6.94. The topological polar surface area (TPSA) is 170 Å². The maximum Gasteiger partial charge on any atom is 0.407 e. The number of primary amides is 1. The molecule has 12 nitrogen and oxygen atoms in total. The Hall–Kier alpha value is -3.96. The van der Waals surface area contributed by atoms with Gasteiger partial charge in [-0.3, -0.25) is 19.1 Å². The number of nitrogens with two attached hydrogens (primary N) is 1. The van der Waals surface area contributed by atoms with Crippen molar-refractivity contribution in [2.75, 3.05) is 25.0 Å². The molecule has 3 rings (SSSR count). The van der Waals surface area contributed by atoms with Crippen molar-refractivity contribution in [3.05, 3.63) is 34.8 Å². The predicted molar refractivity (Wildman–Crippen MR) is 112 cm³/mol. The molecule has 1 aliphatic rings. The number of likely N-dealkylation sites (tertiary alicyclic amines) is 1. The van der Waals surface area contributed by atoms with Gasteiger partial charge in [0.25, 0.3) is 11.8 Å². The fraction of sp³-hybridized carbons (Fsp3) is 0.400. The third kappa shape index (κ3) is 4.24. The van der Waals surface area contributed by atoms with E-state index in [4.69, 9.17) is 15.6 Å². The number of anilines is 1. The summed E-state index contributed by atoms with van der Waals surface area (Å²) in [6, 6.07) is 1.08. The lowest BCUT2D eigenvalue weighted by Gasteiger charge is -2.37. The Kier molecular flexibility index (Phi) is 6.42. The van der Waals surface area contributed by atoms with Gasteiger partial charge in [0.1, 0.15) is 5.56 Å². The molecule has 170 valence electrons. The van der Waals surface area contributed by atoms with E-state index in [1.807, 2.05) is 6.92 Å². The summed E-state index contributed by atoms with van der Waals surface area (Å²) in [4.78, 5) is 53.3. The Morgan fingerprint density at radius 3 is 2.50 bits per heavy atom. The van der Waals surface area contributed by atoms with Gasteiger partial charge in [-0.2, -0.15) is 5.10 Å². The molecule has 0 aliphatic carbocycles. The standard InChI is InChI=1S/C20H24N6O6/c1-4-14-15(16(17(21)28)24-26(14)12-8-25(9-12)20(30)31)23-18(29)13-6-11(10(3)27)7-22-19(13)32-5-2/h6-7,12H,4-5,8-9H2,1-3H3,(H2,21,28)(H,23,29)(H,30,31). The van der Waals surface area contributed by atoms with Crippen LogP contribution in [0.2, 0.25) is 0 Å². The molecule has 0 bridgehead atoms. The van der Waals surface area contributed by atoms with Gasteiger partial charge >= 0.3 is 6.09 Å². The van der Waals surface area contributed by atoms with Crippen LogP contribution in [0.4, 0.5) is 10.5 Å². The van der Waals surface area contributed by atoms with Crippen LogP contribution < -0.4 is 15.8 Å². The molecule has 3 heterocycles. The number of Topliss-reactive ketones (excluding diaryl/α,β-unsaturated/α-hetero) is 1. The molecule has 12 heteroatoms. The van der Waals surface area contributed by atoms with E-state index in [2.05, 4.69) is 15.4 Å². The van der Waals surface area contributed by atoms with Gasteiger partial charge in [-0.05, 0) is 26.3 Å². The molecule has 0 aromatic carbocycles. The molecule has 1 aliphatic heterocycles. The Bertz CT molecular complexity index is 1090. The fourth-order valence-electron chi connectivity index (χ4n) is 3.42. The molecule has 4 N–H and O–H groups in total. The smallest absolute Gasteiger partial charge is 0.407 e. The van der Waals surface area contributed by atoms with Gasteiger partial charge in [-0.1, -0.05) is 6.92 Å². The molecule has 1 fully saturated rings. The van der Waals surface area contributed by atoms with Crippen LogP contribution in [-0.4, -0.2) is 68.2 Å². The number of amides is 3. The molecule has 0 saturated carbocycles. The first kappa shape index (κ1) is 22.7. The summed E-state index contributed by atoms with van der Waals surface area (Å²) in [5.41, 5.74) is 6.25. The second-order valence-electron chi connectivity index (χ2n) is 7.19. The number of rotatable bonds is 8. The number of ketones is 1. The maximum absolute atomic E-state index is 13.1. The first-order valence-corrected chi connectivity index (χ1v) is 10.0. The number of carbonyl (C=O) groups is 4. The van der Waals surface area contributed by atoms with Crippen molar-refractivity contribution in [1.82, 2.24) is 19.7 Å². The third-order valence-corrected chi connectivity index (χ3v) is 5.08. The molecular weight excluding hydrogens is 420 g/mol. The largest absolute Gasteiger partial charge is 0.477 e. The summed E-state index contributed by atoms with van der Waals surface area (Å²) >= 11 is 0. The van der Waals surface area contributed by atoms with Gasteiger partial charge < -0.3 is 25.8 Å². The van der Waals surface area contributed by atoms with Gasteiger partial charge in [0.05, 0.1) is 24.0 Å². The molecule has 0 radical (unpaired) electrons. The van der Waals surface area contributed by atoms with E-state index < -0.39 is 17.9 Å². The lowest BCUT2D eigenvalue weighted by atomic mass is 10.1. The van der Waals surface area contributed by atoms with E-state index in [-0.39, 0.29) is 59.9 Å². The van der Waals surface area contributed by atoms with Crippen LogP contribution in [0.25, 0.3) is 0 Å². The first-order chi connectivity index (χ1) is 15.2. The van der Waals surface area contributed by atoms with Gasteiger partial charge in [0.2, 0.25) is 5.88 Å². The van der Waals surface area contributed by atoms with E-state index in [1.54, 1.807) is 6.92 Å². The van der Waals surface area contributed by atoms with Crippen LogP contribution in [0.15, 0.2) is 12.3 Å². The summed E-state index contributed by atoms with van der Waals surface area (Å²) in [6.45, 7) is 5.54. The quantitative estimate of drug-likeness (QED) is 0.512. The molecule has 0 atom stereocenters. The fourth-order valence-corrected chi connectivity index (χ4v) is 3.42. The van der Waals surface area contributed by atoms with E-state index >= 15 is 0 Å². The number of hydrogen-bond acceptors (Lipinski definition) is 7. The molecule has 3 amide bonds. The maximum atomic E-state index is 13.1. The van der Waals surface area contributed by atoms with Crippen LogP contribution in [0.5, 0.6) is 5.88 Å². The lowest BCUT2D eigenvalue weighted by molar-refractivity contribution is 0.0794. The average Bonchev–Trinajstić information content (AvgIpc) is 3.04. The van der Waals surface area contributed by atoms with Gasteiger partial charge in [-0.25, -0.2) is 9.78 Å². The van der Waals surface area contributed by atoms with Crippen molar-refractivity contribution in [2.24, 2.45) is 5.73 Å². The molecule has 0 spiro atoms. The van der Waals surface area contributed by atoms with Crippen molar-refractivity contribution in [3.8, 4) is 5.88 Å². The van der Waals surface area contributed by atoms with Crippen LogP contribution in [0.1, 0.15) is 63.7 Å². The van der Waals surface area contributed by atoms with E-state index in [0.717, 1.165) is 0 Å². The number of aromatic nitrogens is 3. The second-order valence-corrected chi connectivity index (χ2v) is 7.19. The normalized spacial score (nSPS) is 13.4. The molecule has 0 unspecified atom stereocenters. The zero-order chi connectivity index (χ0) is 23.6. The number of ether oxygens (including phenoxy) is 1. The van der Waals surface area contributed by atoms with Crippen molar-refractivity contribution in [2.45, 2.75) is 33.2 Å². The summed E-state index contributed by atoms with van der Waals surface area (Å²) in [5.74, 6) is -1.73. The Morgan fingerprint density at radius 1 is 1.28 bits per heavy atom. The van der Waals surface area contributed by atoms with Gasteiger partial charge in [0, 0.05) is 24.8 Å². The highest BCUT2D eigenvalue weighted by Crippen LogP contribution is 2.30. The minimum absolute atomic E-state index is 0.0190.